The number of likely N-dealkylation sites (tertiary alicyclic amines) is 1. The average molecular weight is 280 g/mol. The van der Waals surface area contributed by atoms with Gasteiger partial charge < -0.3 is 10.0 Å². The largest absolute Gasteiger partial charge is 0.396 e. The summed E-state index contributed by atoms with van der Waals surface area (Å²) < 4.78 is 0. The van der Waals surface area contributed by atoms with Crippen LogP contribution in [-0.4, -0.2) is 40.6 Å². The molecule has 0 aromatic carbocycles. The van der Waals surface area contributed by atoms with E-state index >= 15 is 0 Å². The van der Waals surface area contributed by atoms with Crippen molar-refractivity contribution in [3.8, 4) is 9.88 Å². The first-order valence-corrected chi connectivity index (χ1v) is 7.43. The van der Waals surface area contributed by atoms with Gasteiger partial charge in [-0.15, -0.1) is 22.7 Å². The maximum absolute atomic E-state index is 12.1. The molecule has 6 heteroatoms. The fourth-order valence-corrected chi connectivity index (χ4v) is 3.51. The smallest absolute Gasteiger partial charge is 0.273 e. The number of hydrogen-bond donors (Lipinski definition) is 1. The molecular weight excluding hydrogens is 268 g/mol. The topological polar surface area (TPSA) is 53.4 Å². The van der Waals surface area contributed by atoms with Gasteiger partial charge in [-0.3, -0.25) is 4.79 Å². The molecule has 1 aliphatic rings. The van der Waals surface area contributed by atoms with E-state index in [1.165, 1.54) is 11.3 Å². The Balaban J connectivity index is 1.72. The first-order chi connectivity index (χ1) is 8.78. The first-order valence-electron chi connectivity index (χ1n) is 5.67. The summed E-state index contributed by atoms with van der Waals surface area (Å²) >= 11 is 3.12. The lowest BCUT2D eigenvalue weighted by molar-refractivity contribution is 0.0357. The molecule has 0 unspecified atom stereocenters. The molecule has 0 spiro atoms. The van der Waals surface area contributed by atoms with E-state index in [0.717, 1.165) is 9.88 Å². The van der Waals surface area contributed by atoms with Gasteiger partial charge in [0.15, 0.2) is 0 Å². The van der Waals surface area contributed by atoms with Crippen molar-refractivity contribution in [2.45, 2.75) is 0 Å². The molecule has 0 saturated carbocycles. The van der Waals surface area contributed by atoms with Gasteiger partial charge in [-0.05, 0) is 11.4 Å². The van der Waals surface area contributed by atoms with E-state index in [2.05, 4.69) is 4.98 Å². The van der Waals surface area contributed by atoms with Crippen LogP contribution in [0.2, 0.25) is 0 Å². The third kappa shape index (κ3) is 2.07. The molecule has 3 heterocycles. The van der Waals surface area contributed by atoms with Crippen LogP contribution in [0.3, 0.4) is 0 Å². The van der Waals surface area contributed by atoms with E-state index < -0.39 is 0 Å². The normalized spacial score (nSPS) is 15.7. The second-order valence-electron chi connectivity index (χ2n) is 4.27. The standard InChI is InChI=1S/C12H12N2O2S2/c15-6-8-4-14(5-8)12(16)9-7-18-11(13-9)10-2-1-3-17-10/h1-3,7-8,15H,4-6H2. The van der Waals surface area contributed by atoms with E-state index in [1.54, 1.807) is 16.2 Å². The van der Waals surface area contributed by atoms with Crippen LogP contribution in [0, 0.1) is 5.92 Å². The van der Waals surface area contributed by atoms with Gasteiger partial charge >= 0.3 is 0 Å². The van der Waals surface area contributed by atoms with E-state index in [1.807, 2.05) is 22.9 Å². The maximum Gasteiger partial charge on any atom is 0.273 e. The Morgan fingerprint density at radius 1 is 1.50 bits per heavy atom. The highest BCUT2D eigenvalue weighted by molar-refractivity contribution is 7.20. The van der Waals surface area contributed by atoms with Crippen molar-refractivity contribution in [2.24, 2.45) is 5.92 Å². The van der Waals surface area contributed by atoms with Crippen LogP contribution in [-0.2, 0) is 0 Å². The van der Waals surface area contributed by atoms with Crippen LogP contribution < -0.4 is 0 Å². The van der Waals surface area contributed by atoms with E-state index in [9.17, 15) is 4.79 Å². The molecule has 1 saturated heterocycles. The van der Waals surface area contributed by atoms with Gasteiger partial charge in [-0.25, -0.2) is 4.98 Å². The highest BCUT2D eigenvalue weighted by atomic mass is 32.1. The van der Waals surface area contributed by atoms with Gasteiger partial charge in [0, 0.05) is 31.0 Å². The lowest BCUT2D eigenvalue weighted by Crippen LogP contribution is -2.51. The zero-order chi connectivity index (χ0) is 12.5. The van der Waals surface area contributed by atoms with Crippen molar-refractivity contribution in [1.29, 1.82) is 0 Å². The fourth-order valence-electron chi connectivity index (χ4n) is 1.90. The average Bonchev–Trinajstić information content (AvgIpc) is 2.98. The number of hydrogen-bond acceptors (Lipinski definition) is 5. The summed E-state index contributed by atoms with van der Waals surface area (Å²) in [7, 11) is 0. The molecular formula is C12H12N2O2S2. The van der Waals surface area contributed by atoms with Crippen LogP contribution in [0.5, 0.6) is 0 Å². The van der Waals surface area contributed by atoms with Crippen LogP contribution in [0.4, 0.5) is 0 Å². The Morgan fingerprint density at radius 3 is 3.00 bits per heavy atom. The summed E-state index contributed by atoms with van der Waals surface area (Å²) in [5.74, 6) is 0.211. The predicted molar refractivity (Wildman–Crippen MR) is 71.9 cm³/mol. The molecule has 1 aliphatic heterocycles. The molecule has 2 aromatic rings. The minimum Gasteiger partial charge on any atom is -0.396 e. The van der Waals surface area contributed by atoms with Crippen molar-refractivity contribution in [1.82, 2.24) is 9.88 Å². The molecule has 0 bridgehead atoms. The van der Waals surface area contributed by atoms with Gasteiger partial charge in [0.05, 0.1) is 4.88 Å². The Hall–Kier alpha value is -1.24. The fraction of sp³-hybridized carbons (Fsp3) is 0.333. The third-order valence-electron chi connectivity index (χ3n) is 2.96. The van der Waals surface area contributed by atoms with Gasteiger partial charge in [-0.1, -0.05) is 6.07 Å². The van der Waals surface area contributed by atoms with Crippen molar-refractivity contribution in [2.75, 3.05) is 19.7 Å². The molecule has 0 atom stereocenters. The van der Waals surface area contributed by atoms with Crippen molar-refractivity contribution in [3.63, 3.8) is 0 Å². The minimum atomic E-state index is -0.0289. The van der Waals surface area contributed by atoms with Crippen LogP contribution in [0.15, 0.2) is 22.9 Å². The lowest BCUT2D eigenvalue weighted by atomic mass is 10.0. The minimum absolute atomic E-state index is 0.0289. The maximum atomic E-state index is 12.1. The summed E-state index contributed by atoms with van der Waals surface area (Å²) in [5, 5.41) is 13.6. The number of thiophene rings is 1. The molecule has 94 valence electrons. The zero-order valence-corrected chi connectivity index (χ0v) is 11.2. The highest BCUT2D eigenvalue weighted by Crippen LogP contribution is 2.28. The number of aliphatic hydroxyl groups is 1. The Bertz CT molecular complexity index is 544. The number of thiazole rings is 1. The van der Waals surface area contributed by atoms with Crippen LogP contribution in [0.25, 0.3) is 9.88 Å². The Kier molecular flexibility index (Phi) is 3.15. The number of amides is 1. The molecule has 1 fully saturated rings. The number of aliphatic hydroxyl groups excluding tert-OH is 1. The Morgan fingerprint density at radius 2 is 2.33 bits per heavy atom. The van der Waals surface area contributed by atoms with Crippen molar-refractivity contribution in [3.05, 3.63) is 28.6 Å². The van der Waals surface area contributed by atoms with E-state index in [-0.39, 0.29) is 18.4 Å². The summed E-state index contributed by atoms with van der Waals surface area (Å²) in [6.45, 7) is 1.43. The quantitative estimate of drug-likeness (QED) is 0.934. The number of nitrogens with zero attached hydrogens (tertiary/aromatic N) is 2. The lowest BCUT2D eigenvalue weighted by Gasteiger charge is -2.37. The summed E-state index contributed by atoms with van der Waals surface area (Å²) in [4.78, 5) is 19.3. The molecule has 2 aromatic heterocycles. The SMILES string of the molecule is O=C(c1csc(-c2cccs2)n1)N1CC(CO)C1. The molecule has 0 aliphatic carbocycles. The molecule has 1 amide bonds. The van der Waals surface area contributed by atoms with E-state index in [0.29, 0.717) is 18.8 Å². The highest BCUT2D eigenvalue weighted by Gasteiger charge is 2.31. The van der Waals surface area contributed by atoms with Gasteiger partial charge in [0.2, 0.25) is 0 Å². The predicted octanol–water partition coefficient (Wildman–Crippen LogP) is 1.94. The molecule has 4 nitrogen and oxygen atoms in total. The summed E-state index contributed by atoms with van der Waals surface area (Å²) in [6, 6.07) is 3.98. The second kappa shape index (κ2) is 4.79. The van der Waals surface area contributed by atoms with E-state index in [4.69, 9.17) is 5.11 Å². The van der Waals surface area contributed by atoms with Gasteiger partial charge in [0.1, 0.15) is 10.7 Å². The number of carbonyl (C=O) groups is 1. The molecule has 0 radical (unpaired) electrons. The first kappa shape index (κ1) is 11.8. The summed E-state index contributed by atoms with van der Waals surface area (Å²) in [5.41, 5.74) is 0.514. The van der Waals surface area contributed by atoms with Gasteiger partial charge in [-0.2, -0.15) is 0 Å². The Labute approximate surface area is 113 Å². The monoisotopic (exact) mass is 280 g/mol. The van der Waals surface area contributed by atoms with Crippen molar-refractivity contribution >= 4 is 28.6 Å². The van der Waals surface area contributed by atoms with Crippen molar-refractivity contribution < 1.29 is 9.90 Å². The molecule has 3 rings (SSSR count). The number of aromatic nitrogens is 1. The second-order valence-corrected chi connectivity index (χ2v) is 6.08. The zero-order valence-electron chi connectivity index (χ0n) is 9.57. The molecule has 1 N–H and O–H groups in total. The molecule has 18 heavy (non-hydrogen) atoms. The van der Waals surface area contributed by atoms with Crippen LogP contribution >= 0.6 is 22.7 Å². The number of carbonyl (C=O) groups excluding carboxylic acids is 1. The summed E-state index contributed by atoms with van der Waals surface area (Å²) in [6.07, 6.45) is 0. The van der Waals surface area contributed by atoms with Gasteiger partial charge in [0.25, 0.3) is 5.91 Å². The number of rotatable bonds is 3. The van der Waals surface area contributed by atoms with Crippen LogP contribution in [0.1, 0.15) is 10.5 Å². The third-order valence-corrected chi connectivity index (χ3v) is 4.84.